The van der Waals surface area contributed by atoms with Gasteiger partial charge >= 0.3 is 0 Å². The van der Waals surface area contributed by atoms with Crippen LogP contribution in [-0.4, -0.2) is 32.5 Å². The molecule has 0 radical (unpaired) electrons. The minimum atomic E-state index is -3.30. The minimum absolute atomic E-state index is 0.155. The summed E-state index contributed by atoms with van der Waals surface area (Å²) in [6.45, 7) is 0. The normalized spacial score (nSPS) is 14.0. The van der Waals surface area contributed by atoms with Gasteiger partial charge < -0.3 is 10.6 Å². The van der Waals surface area contributed by atoms with Gasteiger partial charge in [0.15, 0.2) is 9.84 Å². The molecule has 2 aromatic carbocycles. The molecule has 1 aliphatic carbocycles. The van der Waals surface area contributed by atoms with Gasteiger partial charge in [0.25, 0.3) is 11.8 Å². The van der Waals surface area contributed by atoms with Crippen LogP contribution >= 0.6 is 0 Å². The Hall–Kier alpha value is -2.67. The fourth-order valence-electron chi connectivity index (χ4n) is 2.29. The van der Waals surface area contributed by atoms with Crippen molar-refractivity contribution in [2.75, 3.05) is 11.6 Å². The van der Waals surface area contributed by atoms with Crippen LogP contribution in [-0.2, 0) is 9.84 Å². The lowest BCUT2D eigenvalue weighted by atomic mass is 10.1. The van der Waals surface area contributed by atoms with Crippen LogP contribution in [0.4, 0.5) is 5.69 Å². The van der Waals surface area contributed by atoms with Crippen molar-refractivity contribution in [3.05, 3.63) is 59.7 Å². The number of hydrogen-bond donors (Lipinski definition) is 2. The van der Waals surface area contributed by atoms with Crippen LogP contribution in [0.2, 0.25) is 0 Å². The minimum Gasteiger partial charge on any atom is -0.349 e. The molecule has 0 heterocycles. The van der Waals surface area contributed by atoms with Crippen molar-refractivity contribution in [2.24, 2.45) is 0 Å². The molecule has 0 unspecified atom stereocenters. The van der Waals surface area contributed by atoms with E-state index in [4.69, 9.17) is 0 Å². The second-order valence-electron chi connectivity index (χ2n) is 6.08. The molecule has 0 atom stereocenters. The number of carbonyl (C=O) groups excluding carboxylic acids is 2. The molecule has 0 aromatic heterocycles. The summed E-state index contributed by atoms with van der Waals surface area (Å²) in [6, 6.07) is 12.6. The molecule has 6 nitrogen and oxygen atoms in total. The highest BCUT2D eigenvalue weighted by molar-refractivity contribution is 7.90. The Morgan fingerprint density at radius 2 is 1.64 bits per heavy atom. The van der Waals surface area contributed by atoms with Crippen LogP contribution in [0.3, 0.4) is 0 Å². The number of sulfone groups is 1. The molecule has 130 valence electrons. The summed E-state index contributed by atoms with van der Waals surface area (Å²) in [4.78, 5) is 24.5. The van der Waals surface area contributed by atoms with Gasteiger partial charge in [0, 0.05) is 29.1 Å². The molecule has 2 amide bonds. The Bertz CT molecular complexity index is 916. The van der Waals surface area contributed by atoms with E-state index in [2.05, 4.69) is 10.6 Å². The lowest BCUT2D eigenvalue weighted by molar-refractivity contribution is 0.0949. The second kappa shape index (κ2) is 6.68. The monoisotopic (exact) mass is 358 g/mol. The van der Waals surface area contributed by atoms with Gasteiger partial charge in [-0.1, -0.05) is 6.07 Å². The van der Waals surface area contributed by atoms with Gasteiger partial charge in [-0.3, -0.25) is 9.59 Å². The topological polar surface area (TPSA) is 92.3 Å². The first-order chi connectivity index (χ1) is 11.8. The smallest absolute Gasteiger partial charge is 0.255 e. The molecule has 2 N–H and O–H groups in total. The third kappa shape index (κ3) is 4.45. The van der Waals surface area contributed by atoms with E-state index in [0.717, 1.165) is 19.1 Å². The molecule has 0 aliphatic heterocycles. The summed E-state index contributed by atoms with van der Waals surface area (Å²) < 4.78 is 22.9. The molecule has 3 rings (SSSR count). The maximum Gasteiger partial charge on any atom is 0.255 e. The van der Waals surface area contributed by atoms with Gasteiger partial charge in [0.1, 0.15) is 0 Å². The number of benzene rings is 2. The van der Waals surface area contributed by atoms with Crippen molar-refractivity contribution in [1.29, 1.82) is 0 Å². The lowest BCUT2D eigenvalue weighted by Gasteiger charge is -2.08. The molecule has 7 heteroatoms. The van der Waals surface area contributed by atoms with Crippen LogP contribution in [0.5, 0.6) is 0 Å². The van der Waals surface area contributed by atoms with Crippen molar-refractivity contribution in [3.8, 4) is 0 Å². The number of carbonyl (C=O) groups is 2. The number of hydrogen-bond acceptors (Lipinski definition) is 4. The van der Waals surface area contributed by atoms with E-state index in [0.29, 0.717) is 16.8 Å². The van der Waals surface area contributed by atoms with Crippen molar-refractivity contribution in [3.63, 3.8) is 0 Å². The highest BCUT2D eigenvalue weighted by Gasteiger charge is 2.23. The van der Waals surface area contributed by atoms with Crippen molar-refractivity contribution >= 4 is 27.3 Å². The van der Waals surface area contributed by atoms with Gasteiger partial charge in [-0.15, -0.1) is 0 Å². The fourth-order valence-corrected chi connectivity index (χ4v) is 2.92. The Kier molecular flexibility index (Phi) is 4.59. The van der Waals surface area contributed by atoms with E-state index < -0.39 is 9.84 Å². The Labute approximate surface area is 146 Å². The van der Waals surface area contributed by atoms with Gasteiger partial charge in [-0.05, 0) is 55.3 Å². The summed E-state index contributed by atoms with van der Waals surface area (Å²) in [5.74, 6) is -0.532. The largest absolute Gasteiger partial charge is 0.349 e. The first-order valence-corrected chi connectivity index (χ1v) is 9.74. The summed E-state index contributed by atoms with van der Waals surface area (Å²) >= 11 is 0. The van der Waals surface area contributed by atoms with Crippen LogP contribution in [0.1, 0.15) is 33.6 Å². The second-order valence-corrected chi connectivity index (χ2v) is 8.09. The molecule has 0 bridgehead atoms. The third-order valence-corrected chi connectivity index (χ3v) is 4.97. The lowest BCUT2D eigenvalue weighted by Crippen LogP contribution is -2.25. The summed E-state index contributed by atoms with van der Waals surface area (Å²) in [5, 5.41) is 5.61. The molecule has 0 saturated heterocycles. The van der Waals surface area contributed by atoms with Crippen LogP contribution in [0.25, 0.3) is 0 Å². The Morgan fingerprint density at radius 1 is 0.960 bits per heavy atom. The van der Waals surface area contributed by atoms with E-state index in [9.17, 15) is 18.0 Å². The van der Waals surface area contributed by atoms with E-state index in [-0.39, 0.29) is 22.8 Å². The Balaban J connectivity index is 1.71. The zero-order valence-electron chi connectivity index (χ0n) is 13.7. The molecule has 2 aromatic rings. The zero-order chi connectivity index (χ0) is 18.0. The number of amides is 2. The SMILES string of the molecule is CS(=O)(=O)c1ccc(C(=O)Nc2cccc(C(=O)NC3CC3)c2)cc1. The predicted octanol–water partition coefficient (Wildman–Crippen LogP) is 2.23. The molecule has 25 heavy (non-hydrogen) atoms. The van der Waals surface area contributed by atoms with E-state index in [1.165, 1.54) is 24.3 Å². The van der Waals surface area contributed by atoms with Gasteiger partial charge in [-0.2, -0.15) is 0 Å². The first kappa shape index (κ1) is 17.2. The summed E-state index contributed by atoms with van der Waals surface area (Å²) in [7, 11) is -3.30. The summed E-state index contributed by atoms with van der Waals surface area (Å²) in [6.07, 6.45) is 3.12. The average molecular weight is 358 g/mol. The van der Waals surface area contributed by atoms with Crippen LogP contribution < -0.4 is 10.6 Å². The zero-order valence-corrected chi connectivity index (χ0v) is 14.5. The van der Waals surface area contributed by atoms with Crippen molar-refractivity contribution in [2.45, 2.75) is 23.8 Å². The molecular weight excluding hydrogens is 340 g/mol. The van der Waals surface area contributed by atoms with E-state index in [1.807, 2.05) is 0 Å². The molecule has 1 saturated carbocycles. The number of nitrogens with one attached hydrogen (secondary N) is 2. The first-order valence-electron chi connectivity index (χ1n) is 7.85. The Morgan fingerprint density at radius 3 is 2.24 bits per heavy atom. The van der Waals surface area contributed by atoms with Crippen LogP contribution in [0.15, 0.2) is 53.4 Å². The quantitative estimate of drug-likeness (QED) is 0.857. The fraction of sp³-hybridized carbons (Fsp3) is 0.222. The maximum absolute atomic E-state index is 12.3. The van der Waals surface area contributed by atoms with Crippen molar-refractivity contribution < 1.29 is 18.0 Å². The van der Waals surface area contributed by atoms with Crippen molar-refractivity contribution in [1.82, 2.24) is 5.32 Å². The summed E-state index contributed by atoms with van der Waals surface area (Å²) in [5.41, 5.74) is 1.32. The molecule has 0 spiro atoms. The average Bonchev–Trinajstić information content (AvgIpc) is 3.38. The van der Waals surface area contributed by atoms with E-state index in [1.54, 1.807) is 24.3 Å². The highest BCUT2D eigenvalue weighted by Crippen LogP contribution is 2.20. The predicted molar refractivity (Wildman–Crippen MR) is 94.4 cm³/mol. The molecular formula is C18H18N2O4S. The van der Waals surface area contributed by atoms with E-state index >= 15 is 0 Å². The maximum atomic E-state index is 12.3. The molecule has 1 aliphatic rings. The van der Waals surface area contributed by atoms with Gasteiger partial charge in [0.2, 0.25) is 0 Å². The standard InChI is InChI=1S/C18H18N2O4S/c1-25(23,24)16-9-5-12(6-10-16)17(21)20-15-4-2-3-13(11-15)18(22)19-14-7-8-14/h2-6,9-11,14H,7-8H2,1H3,(H,19,22)(H,20,21). The van der Waals surface area contributed by atoms with Gasteiger partial charge in [0.05, 0.1) is 4.90 Å². The number of rotatable bonds is 5. The van der Waals surface area contributed by atoms with Crippen LogP contribution in [0, 0.1) is 0 Å². The third-order valence-electron chi connectivity index (χ3n) is 3.84. The van der Waals surface area contributed by atoms with Gasteiger partial charge in [-0.25, -0.2) is 8.42 Å². The molecule has 1 fully saturated rings. The number of anilines is 1. The highest BCUT2D eigenvalue weighted by atomic mass is 32.2.